The highest BCUT2D eigenvalue weighted by Crippen LogP contribution is 2.27. The van der Waals surface area contributed by atoms with E-state index >= 15 is 0 Å². The van der Waals surface area contributed by atoms with Crippen LogP contribution >= 0.6 is 12.4 Å². The monoisotopic (exact) mass is 177 g/mol. The van der Waals surface area contributed by atoms with Gasteiger partial charge >= 0.3 is 0 Å². The SMILES string of the molecule is CC1(C)CC(=O)NC(=O)C1.Cl. The molecule has 0 bridgehead atoms. The van der Waals surface area contributed by atoms with Crippen molar-refractivity contribution in [3.8, 4) is 0 Å². The van der Waals surface area contributed by atoms with Crippen LogP contribution in [0.3, 0.4) is 0 Å². The summed E-state index contributed by atoms with van der Waals surface area (Å²) in [6.45, 7) is 3.84. The normalized spacial score (nSPS) is 22.0. The van der Waals surface area contributed by atoms with Crippen LogP contribution in [0.15, 0.2) is 0 Å². The smallest absolute Gasteiger partial charge is 0.227 e. The van der Waals surface area contributed by atoms with Gasteiger partial charge < -0.3 is 0 Å². The molecule has 0 radical (unpaired) electrons. The number of carbonyl (C=O) groups excluding carboxylic acids is 2. The molecule has 0 saturated carbocycles. The van der Waals surface area contributed by atoms with Crippen molar-refractivity contribution in [1.82, 2.24) is 5.32 Å². The summed E-state index contributed by atoms with van der Waals surface area (Å²) in [5.74, 6) is -0.303. The first-order valence-corrected chi connectivity index (χ1v) is 3.32. The second-order valence-electron chi connectivity index (χ2n) is 3.49. The Morgan fingerprint density at radius 2 is 1.55 bits per heavy atom. The maximum absolute atomic E-state index is 10.8. The van der Waals surface area contributed by atoms with Gasteiger partial charge in [0, 0.05) is 12.8 Å². The van der Waals surface area contributed by atoms with Crippen LogP contribution in [0.25, 0.3) is 0 Å². The Hall–Kier alpha value is -0.570. The third-order valence-electron chi connectivity index (χ3n) is 1.56. The van der Waals surface area contributed by atoms with E-state index in [1.807, 2.05) is 13.8 Å². The molecule has 1 heterocycles. The minimum absolute atomic E-state index is 0. The van der Waals surface area contributed by atoms with E-state index in [9.17, 15) is 9.59 Å². The van der Waals surface area contributed by atoms with E-state index in [0.29, 0.717) is 12.8 Å². The van der Waals surface area contributed by atoms with Gasteiger partial charge in [-0.1, -0.05) is 13.8 Å². The molecule has 4 heteroatoms. The van der Waals surface area contributed by atoms with Crippen LogP contribution in [0, 0.1) is 5.41 Å². The van der Waals surface area contributed by atoms with Crippen LogP contribution in [-0.4, -0.2) is 11.8 Å². The second kappa shape index (κ2) is 3.22. The molecule has 0 aliphatic carbocycles. The molecule has 1 aliphatic rings. The van der Waals surface area contributed by atoms with Crippen molar-refractivity contribution in [3.63, 3.8) is 0 Å². The van der Waals surface area contributed by atoms with Crippen molar-refractivity contribution < 1.29 is 9.59 Å². The highest BCUT2D eigenvalue weighted by molar-refractivity contribution is 5.98. The first kappa shape index (κ1) is 10.4. The van der Waals surface area contributed by atoms with Crippen LogP contribution in [-0.2, 0) is 9.59 Å². The molecule has 0 unspecified atom stereocenters. The van der Waals surface area contributed by atoms with Crippen molar-refractivity contribution in [3.05, 3.63) is 0 Å². The lowest BCUT2D eigenvalue weighted by atomic mass is 9.83. The summed E-state index contributed by atoms with van der Waals surface area (Å²) in [5.41, 5.74) is -0.139. The molecule has 0 spiro atoms. The van der Waals surface area contributed by atoms with Gasteiger partial charge in [-0.25, -0.2) is 0 Å². The minimum atomic E-state index is -0.152. The maximum atomic E-state index is 10.8. The number of amides is 2. The molecule has 11 heavy (non-hydrogen) atoms. The number of imide groups is 1. The molecular formula is C7H12ClNO2. The van der Waals surface area contributed by atoms with Crippen molar-refractivity contribution in [1.29, 1.82) is 0 Å². The Bertz CT molecular complexity index is 171. The number of halogens is 1. The average molecular weight is 178 g/mol. The lowest BCUT2D eigenvalue weighted by Gasteiger charge is -2.27. The molecule has 1 saturated heterocycles. The highest BCUT2D eigenvalue weighted by atomic mass is 35.5. The van der Waals surface area contributed by atoms with Gasteiger partial charge in [-0.3, -0.25) is 14.9 Å². The van der Waals surface area contributed by atoms with Gasteiger partial charge in [0.1, 0.15) is 0 Å². The number of piperidine rings is 1. The summed E-state index contributed by atoms with van der Waals surface area (Å²) in [4.78, 5) is 21.5. The summed E-state index contributed by atoms with van der Waals surface area (Å²) in [5, 5.41) is 2.26. The van der Waals surface area contributed by atoms with Crippen LogP contribution in [0.2, 0.25) is 0 Å². The standard InChI is InChI=1S/C7H11NO2.ClH/c1-7(2)3-5(9)8-6(10)4-7;/h3-4H2,1-2H3,(H,8,9,10);1H. The third kappa shape index (κ3) is 2.89. The Morgan fingerprint density at radius 3 is 1.82 bits per heavy atom. The van der Waals surface area contributed by atoms with Crippen molar-refractivity contribution in [2.24, 2.45) is 5.41 Å². The summed E-state index contributed by atoms with van der Waals surface area (Å²) >= 11 is 0. The van der Waals surface area contributed by atoms with E-state index in [-0.39, 0.29) is 29.6 Å². The van der Waals surface area contributed by atoms with E-state index in [0.717, 1.165) is 0 Å². The fourth-order valence-corrected chi connectivity index (χ4v) is 1.18. The Morgan fingerprint density at radius 1 is 1.18 bits per heavy atom. The zero-order chi connectivity index (χ0) is 7.78. The molecule has 0 aromatic carbocycles. The van der Waals surface area contributed by atoms with Gasteiger partial charge in [0.15, 0.2) is 0 Å². The number of nitrogens with one attached hydrogen (secondary N) is 1. The zero-order valence-corrected chi connectivity index (χ0v) is 7.46. The Kier molecular flexibility index (Phi) is 3.05. The highest BCUT2D eigenvalue weighted by Gasteiger charge is 2.30. The molecule has 1 N–H and O–H groups in total. The topological polar surface area (TPSA) is 46.2 Å². The predicted octanol–water partition coefficient (Wildman–Crippen LogP) is 0.871. The summed E-state index contributed by atoms with van der Waals surface area (Å²) < 4.78 is 0. The molecule has 2 amide bonds. The van der Waals surface area contributed by atoms with Gasteiger partial charge in [0.05, 0.1) is 0 Å². The predicted molar refractivity (Wildman–Crippen MR) is 43.4 cm³/mol. The first-order chi connectivity index (χ1) is 4.49. The summed E-state index contributed by atoms with van der Waals surface area (Å²) in [7, 11) is 0. The van der Waals surface area contributed by atoms with E-state index in [2.05, 4.69) is 5.32 Å². The molecule has 3 nitrogen and oxygen atoms in total. The molecule has 1 rings (SSSR count). The quantitative estimate of drug-likeness (QED) is 0.559. The minimum Gasteiger partial charge on any atom is -0.296 e. The van der Waals surface area contributed by atoms with Crippen LogP contribution in [0.1, 0.15) is 26.7 Å². The molecule has 0 aromatic rings. The van der Waals surface area contributed by atoms with Crippen LogP contribution < -0.4 is 5.32 Å². The van der Waals surface area contributed by atoms with E-state index < -0.39 is 0 Å². The third-order valence-corrected chi connectivity index (χ3v) is 1.56. The molecule has 1 fully saturated rings. The van der Waals surface area contributed by atoms with E-state index in [1.54, 1.807) is 0 Å². The number of hydrogen-bond donors (Lipinski definition) is 1. The van der Waals surface area contributed by atoms with Gasteiger partial charge in [-0.15, -0.1) is 12.4 Å². The largest absolute Gasteiger partial charge is 0.296 e. The lowest BCUT2D eigenvalue weighted by molar-refractivity contribution is -0.136. The molecule has 0 aromatic heterocycles. The van der Waals surface area contributed by atoms with Gasteiger partial charge in [0.2, 0.25) is 11.8 Å². The lowest BCUT2D eigenvalue weighted by Crippen LogP contribution is -2.42. The van der Waals surface area contributed by atoms with Gasteiger partial charge in [-0.2, -0.15) is 0 Å². The summed E-state index contributed by atoms with van der Waals surface area (Å²) in [6.07, 6.45) is 0.914. The Labute approximate surface area is 71.9 Å². The molecule has 64 valence electrons. The fourth-order valence-electron chi connectivity index (χ4n) is 1.18. The number of rotatable bonds is 0. The van der Waals surface area contributed by atoms with Crippen LogP contribution in [0.5, 0.6) is 0 Å². The second-order valence-corrected chi connectivity index (χ2v) is 3.49. The number of hydrogen-bond acceptors (Lipinski definition) is 2. The van der Waals surface area contributed by atoms with Gasteiger partial charge in [0.25, 0.3) is 0 Å². The zero-order valence-electron chi connectivity index (χ0n) is 6.64. The fraction of sp³-hybridized carbons (Fsp3) is 0.714. The van der Waals surface area contributed by atoms with Gasteiger partial charge in [-0.05, 0) is 5.41 Å². The van der Waals surface area contributed by atoms with Crippen LogP contribution in [0.4, 0.5) is 0 Å². The molecular weight excluding hydrogens is 166 g/mol. The Balaban J connectivity index is 0.000001000. The van der Waals surface area contributed by atoms with Crippen molar-refractivity contribution >= 4 is 24.2 Å². The molecule has 1 aliphatic heterocycles. The maximum Gasteiger partial charge on any atom is 0.227 e. The van der Waals surface area contributed by atoms with E-state index in [1.165, 1.54) is 0 Å². The summed E-state index contributed by atoms with van der Waals surface area (Å²) in [6, 6.07) is 0. The van der Waals surface area contributed by atoms with Crippen molar-refractivity contribution in [2.45, 2.75) is 26.7 Å². The first-order valence-electron chi connectivity index (χ1n) is 3.32. The van der Waals surface area contributed by atoms with Crippen molar-refractivity contribution in [2.75, 3.05) is 0 Å². The molecule has 0 atom stereocenters. The number of carbonyl (C=O) groups is 2. The van der Waals surface area contributed by atoms with E-state index in [4.69, 9.17) is 0 Å². The average Bonchev–Trinajstić information content (AvgIpc) is 1.54.